The van der Waals surface area contributed by atoms with Crippen molar-refractivity contribution in [3.05, 3.63) is 58.6 Å². The van der Waals surface area contributed by atoms with E-state index in [1.807, 2.05) is 30.3 Å². The van der Waals surface area contributed by atoms with E-state index in [9.17, 15) is 14.7 Å². The predicted octanol–water partition coefficient (Wildman–Crippen LogP) is 3.65. The average Bonchev–Trinajstić information content (AvgIpc) is 2.64. The number of carbonyl (C=O) groups is 2. The highest BCUT2D eigenvalue weighted by molar-refractivity contribution is 9.10. The standard InChI is InChI=1S/C19H19BrN2O3/c20-14-8-9-17(23)16(11-14)19(25)22-10-4-5-13(12-22)18(24)21-15-6-2-1-3-7-15/h1-3,6-9,11,13,23H,4-5,10,12H2,(H,21,24)/t13-/m1/s1. The van der Waals surface area contributed by atoms with Crippen LogP contribution in [0.1, 0.15) is 23.2 Å². The highest BCUT2D eigenvalue weighted by Gasteiger charge is 2.30. The van der Waals surface area contributed by atoms with E-state index in [0.717, 1.165) is 23.0 Å². The molecular formula is C19H19BrN2O3. The molecule has 2 aromatic carbocycles. The number of carbonyl (C=O) groups excluding carboxylic acids is 2. The number of hydrogen-bond donors (Lipinski definition) is 2. The smallest absolute Gasteiger partial charge is 0.257 e. The molecule has 0 aromatic heterocycles. The van der Waals surface area contributed by atoms with Crippen molar-refractivity contribution in [1.82, 2.24) is 4.90 Å². The minimum Gasteiger partial charge on any atom is -0.507 e. The summed E-state index contributed by atoms with van der Waals surface area (Å²) in [6, 6.07) is 14.1. The van der Waals surface area contributed by atoms with Crippen LogP contribution in [-0.2, 0) is 4.79 Å². The van der Waals surface area contributed by atoms with E-state index in [1.54, 1.807) is 17.0 Å². The van der Waals surface area contributed by atoms with Gasteiger partial charge in [-0.05, 0) is 43.2 Å². The minimum atomic E-state index is -0.257. The summed E-state index contributed by atoms with van der Waals surface area (Å²) < 4.78 is 0.726. The number of para-hydroxylation sites is 1. The van der Waals surface area contributed by atoms with Crippen LogP contribution in [0.4, 0.5) is 5.69 Å². The summed E-state index contributed by atoms with van der Waals surface area (Å²) in [7, 11) is 0. The Kier molecular flexibility index (Phi) is 5.38. The maximum absolute atomic E-state index is 12.7. The first-order valence-electron chi connectivity index (χ1n) is 8.18. The zero-order valence-electron chi connectivity index (χ0n) is 13.6. The number of phenolic OH excluding ortho intramolecular Hbond substituents is 1. The van der Waals surface area contributed by atoms with Crippen molar-refractivity contribution in [1.29, 1.82) is 0 Å². The number of nitrogens with one attached hydrogen (secondary N) is 1. The first-order chi connectivity index (χ1) is 12.0. The zero-order chi connectivity index (χ0) is 17.8. The highest BCUT2D eigenvalue weighted by Crippen LogP contribution is 2.26. The summed E-state index contributed by atoms with van der Waals surface area (Å²) in [6.45, 7) is 0.934. The molecule has 2 amide bonds. The molecule has 0 saturated carbocycles. The Morgan fingerprint density at radius 1 is 1.16 bits per heavy atom. The quantitative estimate of drug-likeness (QED) is 0.822. The van der Waals surface area contributed by atoms with Crippen LogP contribution in [0, 0.1) is 5.92 Å². The summed E-state index contributed by atoms with van der Waals surface area (Å²) in [5, 5.41) is 12.9. The molecular weight excluding hydrogens is 384 g/mol. The van der Waals surface area contributed by atoms with E-state index in [2.05, 4.69) is 21.2 Å². The molecule has 1 atom stereocenters. The van der Waals surface area contributed by atoms with Crippen molar-refractivity contribution in [2.45, 2.75) is 12.8 Å². The Morgan fingerprint density at radius 2 is 1.92 bits per heavy atom. The molecule has 1 saturated heterocycles. The van der Waals surface area contributed by atoms with Crippen LogP contribution < -0.4 is 5.32 Å². The van der Waals surface area contributed by atoms with E-state index in [0.29, 0.717) is 13.1 Å². The van der Waals surface area contributed by atoms with Crippen molar-refractivity contribution >= 4 is 33.4 Å². The number of anilines is 1. The molecule has 2 N–H and O–H groups in total. The van der Waals surface area contributed by atoms with Gasteiger partial charge in [-0.2, -0.15) is 0 Å². The van der Waals surface area contributed by atoms with Crippen LogP contribution >= 0.6 is 15.9 Å². The number of amides is 2. The van der Waals surface area contributed by atoms with E-state index in [1.165, 1.54) is 6.07 Å². The molecule has 1 heterocycles. The Morgan fingerprint density at radius 3 is 2.68 bits per heavy atom. The largest absolute Gasteiger partial charge is 0.507 e. The fraction of sp³-hybridized carbons (Fsp3) is 0.263. The van der Waals surface area contributed by atoms with Gasteiger partial charge in [0.15, 0.2) is 0 Å². The molecule has 25 heavy (non-hydrogen) atoms. The Labute approximate surface area is 154 Å². The first-order valence-corrected chi connectivity index (χ1v) is 8.97. The lowest BCUT2D eigenvalue weighted by Gasteiger charge is -2.32. The molecule has 0 spiro atoms. The number of aromatic hydroxyl groups is 1. The summed E-state index contributed by atoms with van der Waals surface area (Å²) in [6.07, 6.45) is 1.50. The van der Waals surface area contributed by atoms with E-state index in [-0.39, 0.29) is 29.0 Å². The van der Waals surface area contributed by atoms with Gasteiger partial charge in [0.2, 0.25) is 5.91 Å². The Bertz CT molecular complexity index is 779. The molecule has 0 bridgehead atoms. The normalized spacial score (nSPS) is 17.2. The minimum absolute atomic E-state index is 0.0518. The lowest BCUT2D eigenvalue weighted by molar-refractivity contribution is -0.121. The maximum Gasteiger partial charge on any atom is 0.257 e. The number of rotatable bonds is 3. The fourth-order valence-electron chi connectivity index (χ4n) is 2.99. The molecule has 130 valence electrons. The predicted molar refractivity (Wildman–Crippen MR) is 99.5 cm³/mol. The van der Waals surface area contributed by atoms with Crippen LogP contribution in [0.15, 0.2) is 53.0 Å². The Hall–Kier alpha value is -2.34. The molecule has 0 unspecified atom stereocenters. The van der Waals surface area contributed by atoms with Crippen LogP contribution in [-0.4, -0.2) is 34.9 Å². The van der Waals surface area contributed by atoms with Gasteiger partial charge in [-0.1, -0.05) is 34.1 Å². The first kappa shape index (κ1) is 17.5. The van der Waals surface area contributed by atoms with Gasteiger partial charge in [0.05, 0.1) is 11.5 Å². The van der Waals surface area contributed by atoms with Gasteiger partial charge >= 0.3 is 0 Å². The van der Waals surface area contributed by atoms with Gasteiger partial charge in [-0.25, -0.2) is 0 Å². The van der Waals surface area contributed by atoms with Crippen LogP contribution in [0.3, 0.4) is 0 Å². The lowest BCUT2D eigenvalue weighted by atomic mass is 9.96. The number of halogens is 1. The molecule has 1 aliphatic rings. The third-order valence-corrected chi connectivity index (χ3v) is 4.80. The lowest BCUT2D eigenvalue weighted by Crippen LogP contribution is -2.43. The second-order valence-electron chi connectivity index (χ2n) is 6.11. The van der Waals surface area contributed by atoms with Gasteiger partial charge in [0.25, 0.3) is 5.91 Å². The summed E-state index contributed by atoms with van der Waals surface area (Å²) in [5.41, 5.74) is 0.999. The van der Waals surface area contributed by atoms with Gasteiger partial charge < -0.3 is 15.3 Å². The molecule has 0 radical (unpaired) electrons. The maximum atomic E-state index is 12.7. The van der Waals surface area contributed by atoms with Crippen molar-refractivity contribution in [2.75, 3.05) is 18.4 Å². The second kappa shape index (κ2) is 7.70. The molecule has 1 aliphatic heterocycles. The summed E-state index contributed by atoms with van der Waals surface area (Å²) in [5.74, 6) is -0.644. The summed E-state index contributed by atoms with van der Waals surface area (Å²) >= 11 is 3.31. The molecule has 6 heteroatoms. The van der Waals surface area contributed by atoms with Crippen molar-refractivity contribution in [3.63, 3.8) is 0 Å². The summed E-state index contributed by atoms with van der Waals surface area (Å²) in [4.78, 5) is 26.8. The number of phenols is 1. The third kappa shape index (κ3) is 4.20. The van der Waals surface area contributed by atoms with E-state index in [4.69, 9.17) is 0 Å². The molecule has 0 aliphatic carbocycles. The number of hydrogen-bond acceptors (Lipinski definition) is 3. The fourth-order valence-corrected chi connectivity index (χ4v) is 3.35. The van der Waals surface area contributed by atoms with Gasteiger partial charge in [-0.15, -0.1) is 0 Å². The Balaban J connectivity index is 1.69. The highest BCUT2D eigenvalue weighted by atomic mass is 79.9. The van der Waals surface area contributed by atoms with Crippen LogP contribution in [0.25, 0.3) is 0 Å². The molecule has 5 nitrogen and oxygen atoms in total. The second-order valence-corrected chi connectivity index (χ2v) is 7.02. The number of nitrogens with zero attached hydrogens (tertiary/aromatic N) is 1. The van der Waals surface area contributed by atoms with Crippen molar-refractivity contribution < 1.29 is 14.7 Å². The molecule has 2 aromatic rings. The van der Waals surface area contributed by atoms with Gasteiger partial charge in [-0.3, -0.25) is 9.59 Å². The zero-order valence-corrected chi connectivity index (χ0v) is 15.2. The number of benzene rings is 2. The monoisotopic (exact) mass is 402 g/mol. The third-order valence-electron chi connectivity index (χ3n) is 4.31. The van der Waals surface area contributed by atoms with Crippen LogP contribution in [0.5, 0.6) is 5.75 Å². The van der Waals surface area contributed by atoms with E-state index < -0.39 is 0 Å². The van der Waals surface area contributed by atoms with Gasteiger partial charge in [0.1, 0.15) is 5.75 Å². The number of piperidine rings is 1. The molecule has 1 fully saturated rings. The van der Waals surface area contributed by atoms with Gasteiger partial charge in [0, 0.05) is 23.2 Å². The van der Waals surface area contributed by atoms with E-state index >= 15 is 0 Å². The van der Waals surface area contributed by atoms with Crippen LogP contribution in [0.2, 0.25) is 0 Å². The van der Waals surface area contributed by atoms with Crippen molar-refractivity contribution in [3.8, 4) is 5.75 Å². The number of likely N-dealkylation sites (tertiary alicyclic amines) is 1. The molecule has 3 rings (SSSR count). The topological polar surface area (TPSA) is 69.6 Å². The van der Waals surface area contributed by atoms with Crippen molar-refractivity contribution in [2.24, 2.45) is 5.92 Å². The SMILES string of the molecule is O=C(Nc1ccccc1)[C@@H]1CCCN(C(=O)c2cc(Br)ccc2O)C1. The average molecular weight is 403 g/mol.